The van der Waals surface area contributed by atoms with Crippen molar-refractivity contribution in [2.45, 2.75) is 6.42 Å². The smallest absolute Gasteiger partial charge is 0.255 e. The molecule has 5 heteroatoms. The molecule has 0 unspecified atom stereocenters. The Labute approximate surface area is 105 Å². The molecule has 2 N–H and O–H groups in total. The molecule has 1 aliphatic rings. The monoisotopic (exact) mass is 254 g/mol. The highest BCUT2D eigenvalue weighted by Crippen LogP contribution is 2.24. The maximum Gasteiger partial charge on any atom is 0.255 e. The SMILES string of the molecule is Nc1cccc(C(=O)N2CCCOCC2)c1Cl. The molecular formula is C12H15ClN2O2. The quantitative estimate of drug-likeness (QED) is 0.778. The maximum atomic E-state index is 12.3. The highest BCUT2D eigenvalue weighted by molar-refractivity contribution is 6.36. The van der Waals surface area contributed by atoms with Gasteiger partial charge in [0.1, 0.15) is 0 Å². The lowest BCUT2D eigenvalue weighted by Crippen LogP contribution is -2.33. The summed E-state index contributed by atoms with van der Waals surface area (Å²) in [4.78, 5) is 14.0. The van der Waals surface area contributed by atoms with E-state index in [9.17, 15) is 4.79 Å². The van der Waals surface area contributed by atoms with E-state index in [4.69, 9.17) is 22.1 Å². The molecule has 2 rings (SSSR count). The Bertz CT molecular complexity index is 415. The summed E-state index contributed by atoms with van der Waals surface area (Å²) in [6, 6.07) is 5.13. The summed E-state index contributed by atoms with van der Waals surface area (Å²) in [5.74, 6) is -0.0761. The van der Waals surface area contributed by atoms with Gasteiger partial charge in [-0.2, -0.15) is 0 Å². The van der Waals surface area contributed by atoms with Gasteiger partial charge in [0.05, 0.1) is 22.9 Å². The van der Waals surface area contributed by atoms with Gasteiger partial charge in [-0.15, -0.1) is 0 Å². The van der Waals surface area contributed by atoms with E-state index in [1.807, 2.05) is 0 Å². The highest BCUT2D eigenvalue weighted by Gasteiger charge is 2.20. The molecule has 1 saturated heterocycles. The van der Waals surface area contributed by atoms with Crippen LogP contribution in [-0.4, -0.2) is 37.1 Å². The van der Waals surface area contributed by atoms with Gasteiger partial charge in [-0.1, -0.05) is 17.7 Å². The molecule has 0 spiro atoms. The van der Waals surface area contributed by atoms with Crippen LogP contribution in [0.15, 0.2) is 18.2 Å². The van der Waals surface area contributed by atoms with Crippen LogP contribution in [0.25, 0.3) is 0 Å². The van der Waals surface area contributed by atoms with Gasteiger partial charge in [-0.25, -0.2) is 0 Å². The second-order valence-electron chi connectivity index (χ2n) is 3.97. The Balaban J connectivity index is 2.20. The highest BCUT2D eigenvalue weighted by atomic mass is 35.5. The molecule has 1 aromatic rings. The number of anilines is 1. The summed E-state index contributed by atoms with van der Waals surface area (Å²) in [6.07, 6.45) is 0.853. The molecular weight excluding hydrogens is 240 g/mol. The zero-order valence-corrected chi connectivity index (χ0v) is 10.2. The molecule has 92 valence electrons. The van der Waals surface area contributed by atoms with Crippen molar-refractivity contribution in [1.29, 1.82) is 0 Å². The summed E-state index contributed by atoms with van der Waals surface area (Å²) >= 11 is 6.04. The van der Waals surface area contributed by atoms with Gasteiger partial charge < -0.3 is 15.4 Å². The topological polar surface area (TPSA) is 55.6 Å². The van der Waals surface area contributed by atoms with Crippen LogP contribution in [0.2, 0.25) is 5.02 Å². The third kappa shape index (κ3) is 2.70. The number of rotatable bonds is 1. The average Bonchev–Trinajstić information content (AvgIpc) is 2.60. The molecule has 1 aromatic carbocycles. The number of nitrogens with two attached hydrogens (primary N) is 1. The number of carbonyl (C=O) groups excluding carboxylic acids is 1. The van der Waals surface area contributed by atoms with Crippen molar-refractivity contribution < 1.29 is 9.53 Å². The Morgan fingerprint density at radius 3 is 3.00 bits per heavy atom. The number of hydrogen-bond donors (Lipinski definition) is 1. The van der Waals surface area contributed by atoms with Crippen LogP contribution in [0.1, 0.15) is 16.8 Å². The summed E-state index contributed by atoms with van der Waals surface area (Å²) in [5, 5.41) is 0.336. The molecule has 0 bridgehead atoms. The third-order valence-electron chi connectivity index (χ3n) is 2.77. The first kappa shape index (κ1) is 12.2. The van der Waals surface area contributed by atoms with Crippen molar-refractivity contribution in [3.05, 3.63) is 28.8 Å². The summed E-state index contributed by atoms with van der Waals surface area (Å²) < 4.78 is 5.31. The fraction of sp³-hybridized carbons (Fsp3) is 0.417. The molecule has 4 nitrogen and oxygen atoms in total. The molecule has 1 heterocycles. The largest absolute Gasteiger partial charge is 0.398 e. The number of nitrogens with zero attached hydrogens (tertiary/aromatic N) is 1. The minimum atomic E-state index is -0.0761. The lowest BCUT2D eigenvalue weighted by Gasteiger charge is -2.20. The molecule has 0 saturated carbocycles. The maximum absolute atomic E-state index is 12.3. The summed E-state index contributed by atoms with van der Waals surface area (Å²) in [7, 11) is 0. The first-order valence-corrected chi connectivity index (χ1v) is 5.99. The van der Waals surface area contributed by atoms with Crippen molar-refractivity contribution in [3.63, 3.8) is 0 Å². The van der Waals surface area contributed by atoms with Crippen LogP contribution in [0.4, 0.5) is 5.69 Å². The fourth-order valence-corrected chi connectivity index (χ4v) is 2.04. The Morgan fingerprint density at radius 1 is 1.35 bits per heavy atom. The second-order valence-corrected chi connectivity index (χ2v) is 4.34. The average molecular weight is 255 g/mol. The molecule has 0 atom stereocenters. The van der Waals surface area contributed by atoms with E-state index >= 15 is 0 Å². The van der Waals surface area contributed by atoms with E-state index in [1.165, 1.54) is 0 Å². The molecule has 0 aliphatic carbocycles. The zero-order valence-electron chi connectivity index (χ0n) is 9.49. The van der Waals surface area contributed by atoms with Gasteiger partial charge in [0.2, 0.25) is 0 Å². The predicted octanol–water partition coefficient (Wildman–Crippen LogP) is 1.78. The van der Waals surface area contributed by atoms with Crippen molar-refractivity contribution >= 4 is 23.2 Å². The number of halogens is 1. The zero-order chi connectivity index (χ0) is 12.3. The van der Waals surface area contributed by atoms with Crippen molar-refractivity contribution in [3.8, 4) is 0 Å². The number of benzene rings is 1. The van der Waals surface area contributed by atoms with Crippen LogP contribution in [0.5, 0.6) is 0 Å². The lowest BCUT2D eigenvalue weighted by molar-refractivity contribution is 0.0741. The standard InChI is InChI=1S/C12H15ClN2O2/c13-11-9(3-1-4-10(11)14)12(16)15-5-2-7-17-8-6-15/h1,3-4H,2,5-8,14H2. The van der Waals surface area contributed by atoms with Gasteiger partial charge in [0.25, 0.3) is 5.91 Å². The van der Waals surface area contributed by atoms with Crippen molar-refractivity contribution in [2.75, 3.05) is 32.0 Å². The van der Waals surface area contributed by atoms with Crippen LogP contribution >= 0.6 is 11.6 Å². The van der Waals surface area contributed by atoms with Gasteiger partial charge in [-0.3, -0.25) is 4.79 Å². The number of hydrogen-bond acceptors (Lipinski definition) is 3. The summed E-state index contributed by atoms with van der Waals surface area (Å²) in [5.41, 5.74) is 6.59. The Morgan fingerprint density at radius 2 is 2.18 bits per heavy atom. The number of carbonyl (C=O) groups is 1. The van der Waals surface area contributed by atoms with E-state index in [2.05, 4.69) is 0 Å². The molecule has 1 amide bonds. The Kier molecular flexibility index (Phi) is 3.86. The third-order valence-corrected chi connectivity index (χ3v) is 3.19. The lowest BCUT2D eigenvalue weighted by atomic mass is 10.1. The van der Waals surface area contributed by atoms with Crippen LogP contribution in [0.3, 0.4) is 0 Å². The van der Waals surface area contributed by atoms with Gasteiger partial charge in [-0.05, 0) is 18.6 Å². The first-order valence-electron chi connectivity index (χ1n) is 5.61. The number of amides is 1. The number of nitrogen functional groups attached to an aromatic ring is 1. The predicted molar refractivity (Wildman–Crippen MR) is 67.2 cm³/mol. The van der Waals surface area contributed by atoms with Crippen molar-refractivity contribution in [2.24, 2.45) is 0 Å². The Hall–Kier alpha value is -1.26. The van der Waals surface area contributed by atoms with Crippen LogP contribution in [0, 0.1) is 0 Å². The minimum Gasteiger partial charge on any atom is -0.398 e. The van der Waals surface area contributed by atoms with Gasteiger partial charge in [0.15, 0.2) is 0 Å². The number of ether oxygens (including phenoxy) is 1. The van der Waals surface area contributed by atoms with E-state index in [1.54, 1.807) is 23.1 Å². The van der Waals surface area contributed by atoms with E-state index in [0.29, 0.717) is 42.6 Å². The molecule has 17 heavy (non-hydrogen) atoms. The van der Waals surface area contributed by atoms with E-state index in [0.717, 1.165) is 6.42 Å². The minimum absolute atomic E-state index is 0.0761. The van der Waals surface area contributed by atoms with Crippen LogP contribution < -0.4 is 5.73 Å². The first-order chi connectivity index (χ1) is 8.20. The molecule has 1 fully saturated rings. The van der Waals surface area contributed by atoms with Gasteiger partial charge >= 0.3 is 0 Å². The summed E-state index contributed by atoms with van der Waals surface area (Å²) in [6.45, 7) is 2.58. The fourth-order valence-electron chi connectivity index (χ4n) is 1.83. The van der Waals surface area contributed by atoms with E-state index in [-0.39, 0.29) is 5.91 Å². The van der Waals surface area contributed by atoms with E-state index < -0.39 is 0 Å². The molecule has 0 aromatic heterocycles. The molecule has 0 radical (unpaired) electrons. The van der Waals surface area contributed by atoms with Gasteiger partial charge in [0, 0.05) is 19.7 Å². The second kappa shape index (κ2) is 5.38. The van der Waals surface area contributed by atoms with Crippen LogP contribution in [-0.2, 0) is 4.74 Å². The normalized spacial score (nSPS) is 16.6. The molecule has 1 aliphatic heterocycles. The van der Waals surface area contributed by atoms with Crippen molar-refractivity contribution in [1.82, 2.24) is 4.90 Å².